The first-order valence-corrected chi connectivity index (χ1v) is 8.42. The minimum atomic E-state index is -4.52. The summed E-state index contributed by atoms with van der Waals surface area (Å²) < 4.78 is 38.2. The quantitative estimate of drug-likeness (QED) is 0.748. The van der Waals surface area contributed by atoms with Crippen LogP contribution in [0.1, 0.15) is 28.8 Å². The Balaban J connectivity index is 1.61. The fourth-order valence-electron chi connectivity index (χ4n) is 2.79. The number of carbonyl (C=O) groups is 3. The molecule has 0 spiro atoms. The van der Waals surface area contributed by atoms with Crippen LogP contribution in [0, 0.1) is 0 Å². The lowest BCUT2D eigenvalue weighted by Gasteiger charge is -2.14. The summed E-state index contributed by atoms with van der Waals surface area (Å²) >= 11 is 0. The van der Waals surface area contributed by atoms with Crippen molar-refractivity contribution >= 4 is 29.1 Å². The van der Waals surface area contributed by atoms with Crippen LogP contribution in [0.3, 0.4) is 0 Å². The first kappa shape index (κ1) is 19.4. The number of halogens is 3. The van der Waals surface area contributed by atoms with Crippen LogP contribution in [0.15, 0.2) is 48.5 Å². The average molecular weight is 391 g/mol. The summed E-state index contributed by atoms with van der Waals surface area (Å²) in [6, 6.07) is 9.81. The first-order chi connectivity index (χ1) is 13.2. The van der Waals surface area contributed by atoms with E-state index in [4.69, 9.17) is 0 Å². The van der Waals surface area contributed by atoms with Crippen molar-refractivity contribution in [3.05, 3.63) is 59.7 Å². The van der Waals surface area contributed by atoms with E-state index in [0.717, 1.165) is 12.1 Å². The van der Waals surface area contributed by atoms with E-state index in [2.05, 4.69) is 16.0 Å². The third kappa shape index (κ3) is 4.48. The molecular weight excluding hydrogens is 375 g/mol. The summed E-state index contributed by atoms with van der Waals surface area (Å²) in [7, 11) is 0. The number of amides is 3. The average Bonchev–Trinajstić information content (AvgIpc) is 2.76. The van der Waals surface area contributed by atoms with Crippen LogP contribution in [0.5, 0.6) is 0 Å². The Morgan fingerprint density at radius 2 is 1.82 bits per heavy atom. The summed E-state index contributed by atoms with van der Waals surface area (Å²) in [6.07, 6.45) is -4.68. The fourth-order valence-corrected chi connectivity index (χ4v) is 2.79. The number of hydrogen-bond acceptors (Lipinski definition) is 3. The molecule has 1 aliphatic heterocycles. The molecule has 2 aromatic carbocycles. The van der Waals surface area contributed by atoms with Crippen molar-refractivity contribution in [1.82, 2.24) is 5.32 Å². The third-order valence-electron chi connectivity index (χ3n) is 4.19. The zero-order valence-electron chi connectivity index (χ0n) is 14.5. The number of alkyl halides is 3. The minimum absolute atomic E-state index is 0.00147. The van der Waals surface area contributed by atoms with Crippen LogP contribution in [0.25, 0.3) is 0 Å². The topological polar surface area (TPSA) is 87.3 Å². The van der Waals surface area contributed by atoms with Crippen molar-refractivity contribution in [1.29, 1.82) is 0 Å². The number of carbonyl (C=O) groups excluding carboxylic acids is 3. The highest BCUT2D eigenvalue weighted by molar-refractivity contribution is 6.09. The van der Waals surface area contributed by atoms with E-state index in [1.165, 1.54) is 12.1 Å². The van der Waals surface area contributed by atoms with Gasteiger partial charge in [0.25, 0.3) is 5.91 Å². The summed E-state index contributed by atoms with van der Waals surface area (Å²) in [5, 5.41) is 7.54. The van der Waals surface area contributed by atoms with Crippen LogP contribution in [-0.4, -0.2) is 23.8 Å². The summed E-state index contributed by atoms with van der Waals surface area (Å²) in [6.45, 7) is 0. The number of nitrogens with one attached hydrogen (secondary N) is 3. The maximum atomic E-state index is 12.7. The van der Waals surface area contributed by atoms with E-state index in [1.54, 1.807) is 24.3 Å². The van der Waals surface area contributed by atoms with Gasteiger partial charge in [-0.05, 0) is 36.8 Å². The number of para-hydroxylation sites is 1. The van der Waals surface area contributed by atoms with Gasteiger partial charge in [-0.3, -0.25) is 14.4 Å². The second-order valence-electron chi connectivity index (χ2n) is 6.23. The molecule has 1 heterocycles. The molecule has 146 valence electrons. The smallest absolute Gasteiger partial charge is 0.340 e. The monoisotopic (exact) mass is 391 g/mol. The fraction of sp³-hybridized carbons (Fsp3) is 0.211. The standard InChI is InChI=1S/C19H16F3N3O3/c20-19(21,22)11-4-3-5-12(10-11)23-16(26)9-8-15-18(28)24-14-7-2-1-6-13(14)17(27)25-15/h1-7,10,15H,8-9H2,(H,23,26)(H,24,28)(H,25,27)/t15-/m0/s1. The predicted molar refractivity (Wildman–Crippen MR) is 95.6 cm³/mol. The van der Waals surface area contributed by atoms with E-state index < -0.39 is 35.5 Å². The highest BCUT2D eigenvalue weighted by atomic mass is 19.4. The molecule has 1 aliphatic rings. The molecule has 3 rings (SSSR count). The second-order valence-corrected chi connectivity index (χ2v) is 6.23. The Morgan fingerprint density at radius 3 is 2.57 bits per heavy atom. The maximum Gasteiger partial charge on any atom is 0.416 e. The van der Waals surface area contributed by atoms with Crippen LogP contribution in [-0.2, 0) is 15.8 Å². The molecule has 3 amide bonds. The van der Waals surface area contributed by atoms with Gasteiger partial charge in [0.1, 0.15) is 6.04 Å². The van der Waals surface area contributed by atoms with Crippen molar-refractivity contribution in [2.24, 2.45) is 0 Å². The Morgan fingerprint density at radius 1 is 1.07 bits per heavy atom. The molecule has 6 nitrogen and oxygen atoms in total. The number of benzene rings is 2. The summed E-state index contributed by atoms with van der Waals surface area (Å²) in [5.74, 6) is -1.48. The number of fused-ring (bicyclic) bond motifs is 1. The summed E-state index contributed by atoms with van der Waals surface area (Å²) in [4.78, 5) is 36.6. The van der Waals surface area contributed by atoms with Crippen molar-refractivity contribution in [2.75, 3.05) is 10.6 Å². The van der Waals surface area contributed by atoms with Gasteiger partial charge in [-0.25, -0.2) is 0 Å². The number of hydrogen-bond donors (Lipinski definition) is 3. The second kappa shape index (κ2) is 7.71. The van der Waals surface area contributed by atoms with Gasteiger partial charge in [0, 0.05) is 12.1 Å². The van der Waals surface area contributed by atoms with E-state index in [1.807, 2.05) is 0 Å². The Labute approximate surface area is 158 Å². The lowest BCUT2D eigenvalue weighted by Crippen LogP contribution is -2.41. The SMILES string of the molecule is O=C(CC[C@@H]1NC(=O)c2ccccc2NC1=O)Nc1cccc(C(F)(F)F)c1. The van der Waals surface area contributed by atoms with Gasteiger partial charge in [-0.1, -0.05) is 18.2 Å². The van der Waals surface area contributed by atoms with E-state index in [0.29, 0.717) is 11.3 Å². The lowest BCUT2D eigenvalue weighted by molar-refractivity contribution is -0.137. The molecule has 0 fully saturated rings. The van der Waals surface area contributed by atoms with Crippen LogP contribution >= 0.6 is 0 Å². The molecule has 1 atom stereocenters. The minimum Gasteiger partial charge on any atom is -0.340 e. The highest BCUT2D eigenvalue weighted by Crippen LogP contribution is 2.30. The molecule has 3 N–H and O–H groups in total. The van der Waals surface area contributed by atoms with E-state index >= 15 is 0 Å². The molecule has 0 bridgehead atoms. The van der Waals surface area contributed by atoms with Gasteiger partial charge < -0.3 is 16.0 Å². The Bertz CT molecular complexity index is 928. The molecule has 0 aliphatic carbocycles. The van der Waals surface area contributed by atoms with Crippen LogP contribution in [0.4, 0.5) is 24.5 Å². The molecule has 28 heavy (non-hydrogen) atoms. The zero-order chi connectivity index (χ0) is 20.3. The van der Waals surface area contributed by atoms with Gasteiger partial charge in [0.15, 0.2) is 0 Å². The molecule has 0 radical (unpaired) electrons. The maximum absolute atomic E-state index is 12.7. The van der Waals surface area contributed by atoms with Gasteiger partial charge in [0.2, 0.25) is 11.8 Å². The molecule has 0 aromatic heterocycles. The van der Waals surface area contributed by atoms with Crippen molar-refractivity contribution in [2.45, 2.75) is 25.1 Å². The zero-order valence-corrected chi connectivity index (χ0v) is 14.5. The van der Waals surface area contributed by atoms with Gasteiger partial charge in [0.05, 0.1) is 16.8 Å². The van der Waals surface area contributed by atoms with Crippen molar-refractivity contribution in [3.63, 3.8) is 0 Å². The Kier molecular flexibility index (Phi) is 5.34. The largest absolute Gasteiger partial charge is 0.416 e. The first-order valence-electron chi connectivity index (χ1n) is 8.42. The van der Waals surface area contributed by atoms with Gasteiger partial charge in [-0.2, -0.15) is 13.2 Å². The normalized spacial score (nSPS) is 16.5. The molecule has 9 heteroatoms. The van der Waals surface area contributed by atoms with Gasteiger partial charge >= 0.3 is 6.18 Å². The van der Waals surface area contributed by atoms with Gasteiger partial charge in [-0.15, -0.1) is 0 Å². The highest BCUT2D eigenvalue weighted by Gasteiger charge is 2.31. The molecule has 0 saturated carbocycles. The van der Waals surface area contributed by atoms with Crippen molar-refractivity contribution in [3.8, 4) is 0 Å². The third-order valence-corrected chi connectivity index (χ3v) is 4.19. The van der Waals surface area contributed by atoms with Crippen LogP contribution < -0.4 is 16.0 Å². The van der Waals surface area contributed by atoms with E-state index in [9.17, 15) is 27.6 Å². The van der Waals surface area contributed by atoms with Crippen molar-refractivity contribution < 1.29 is 27.6 Å². The summed E-state index contributed by atoms with van der Waals surface area (Å²) in [5.41, 5.74) is -0.187. The number of rotatable bonds is 4. The van der Waals surface area contributed by atoms with Crippen LogP contribution in [0.2, 0.25) is 0 Å². The predicted octanol–water partition coefficient (Wildman–Crippen LogP) is 3.17. The molecule has 0 unspecified atom stereocenters. The Hall–Kier alpha value is -3.36. The molecule has 2 aromatic rings. The molecule has 0 saturated heterocycles. The number of anilines is 2. The molecular formula is C19H16F3N3O3. The van der Waals surface area contributed by atoms with E-state index in [-0.39, 0.29) is 18.5 Å². The lowest BCUT2D eigenvalue weighted by atomic mass is 10.1.